The predicted octanol–water partition coefficient (Wildman–Crippen LogP) is 0.585. The van der Waals surface area contributed by atoms with E-state index in [1.165, 1.54) is 11.9 Å². The lowest BCUT2D eigenvalue weighted by Gasteiger charge is -2.33. The molecule has 3 rings (SSSR count). The number of hydrogen-bond donors (Lipinski definition) is 2. The van der Waals surface area contributed by atoms with E-state index in [2.05, 4.69) is 10.2 Å². The molecule has 2 N–H and O–H groups in total. The van der Waals surface area contributed by atoms with Crippen LogP contribution >= 0.6 is 0 Å². The Kier molecular flexibility index (Phi) is 6.08. The average molecular weight is 387 g/mol. The van der Waals surface area contributed by atoms with Gasteiger partial charge in [0.1, 0.15) is 6.04 Å². The van der Waals surface area contributed by atoms with E-state index >= 15 is 0 Å². The summed E-state index contributed by atoms with van der Waals surface area (Å²) in [4.78, 5) is 51.4. The molecule has 3 amide bonds. The summed E-state index contributed by atoms with van der Waals surface area (Å²) in [7, 11) is 1.51. The van der Waals surface area contributed by atoms with E-state index in [9.17, 15) is 24.3 Å². The maximum absolute atomic E-state index is 13.0. The third-order valence-electron chi connectivity index (χ3n) is 5.63. The van der Waals surface area contributed by atoms with Crippen molar-refractivity contribution in [3.63, 3.8) is 0 Å². The minimum absolute atomic E-state index is 0.175. The van der Waals surface area contributed by atoms with E-state index in [0.717, 1.165) is 31.6 Å². The number of anilines is 1. The maximum Gasteiger partial charge on any atom is 0.255 e. The van der Waals surface area contributed by atoms with Crippen molar-refractivity contribution in [2.75, 3.05) is 31.6 Å². The summed E-state index contributed by atoms with van der Waals surface area (Å²) in [6.07, 6.45) is 2.80. The van der Waals surface area contributed by atoms with Crippen molar-refractivity contribution in [3.8, 4) is 0 Å². The van der Waals surface area contributed by atoms with Crippen LogP contribution in [-0.2, 0) is 9.59 Å². The van der Waals surface area contributed by atoms with Crippen molar-refractivity contribution >= 4 is 29.7 Å². The van der Waals surface area contributed by atoms with Crippen LogP contribution in [0, 0.1) is 5.92 Å². The summed E-state index contributed by atoms with van der Waals surface area (Å²) < 4.78 is 0. The van der Waals surface area contributed by atoms with Gasteiger partial charge >= 0.3 is 0 Å². The van der Waals surface area contributed by atoms with Crippen LogP contribution in [0.15, 0.2) is 18.2 Å². The standard InChI is InChI=1S/C20H25N3O5/c1-22(17-4-5-18(26)21-19(17)27)20(28)16-10-15(3-2-14(16)12-25)23-8-6-13(11-24)7-9-23/h2-3,10,12-13,17,24H,4-9,11H2,1H3,(H,21,26,27). The summed E-state index contributed by atoms with van der Waals surface area (Å²) in [6.45, 7) is 1.71. The molecule has 0 aliphatic carbocycles. The molecule has 0 aromatic heterocycles. The van der Waals surface area contributed by atoms with Crippen LogP contribution in [0.2, 0.25) is 0 Å². The Labute approximate surface area is 163 Å². The normalized spacial score (nSPS) is 20.6. The van der Waals surface area contributed by atoms with E-state index in [1.54, 1.807) is 12.1 Å². The SMILES string of the molecule is CN(C(=O)c1cc(N2CCC(CO)CC2)ccc1C=O)C1CCC(=O)NC1=O. The van der Waals surface area contributed by atoms with Gasteiger partial charge in [0.2, 0.25) is 11.8 Å². The summed E-state index contributed by atoms with van der Waals surface area (Å²) >= 11 is 0. The van der Waals surface area contributed by atoms with Gasteiger partial charge in [0.25, 0.3) is 5.91 Å². The van der Waals surface area contributed by atoms with Gasteiger partial charge in [-0.2, -0.15) is 0 Å². The zero-order valence-corrected chi connectivity index (χ0v) is 15.9. The van der Waals surface area contributed by atoms with E-state index in [1.807, 2.05) is 6.07 Å². The molecule has 0 bridgehead atoms. The van der Waals surface area contributed by atoms with Gasteiger partial charge in [0, 0.05) is 44.4 Å². The minimum atomic E-state index is -0.742. The topological polar surface area (TPSA) is 107 Å². The Morgan fingerprint density at radius 3 is 2.61 bits per heavy atom. The Balaban J connectivity index is 1.81. The number of rotatable bonds is 5. The number of aliphatic hydroxyl groups is 1. The second-order valence-corrected chi connectivity index (χ2v) is 7.39. The number of amides is 3. The Bertz CT molecular complexity index is 786. The molecular weight excluding hydrogens is 362 g/mol. The number of aldehydes is 1. The van der Waals surface area contributed by atoms with Gasteiger partial charge in [0.05, 0.1) is 5.56 Å². The number of nitrogens with one attached hydrogen (secondary N) is 1. The zero-order valence-electron chi connectivity index (χ0n) is 15.9. The van der Waals surface area contributed by atoms with Crippen LogP contribution in [0.4, 0.5) is 5.69 Å². The van der Waals surface area contributed by atoms with Gasteiger partial charge in [-0.05, 0) is 43.4 Å². The van der Waals surface area contributed by atoms with Crippen LogP contribution in [-0.4, -0.2) is 66.8 Å². The number of nitrogens with zero attached hydrogens (tertiary/aromatic N) is 2. The fraction of sp³-hybridized carbons (Fsp3) is 0.500. The first-order chi connectivity index (χ1) is 13.4. The van der Waals surface area contributed by atoms with Crippen molar-refractivity contribution in [2.24, 2.45) is 5.92 Å². The molecule has 150 valence electrons. The number of carbonyl (C=O) groups is 4. The number of benzene rings is 1. The van der Waals surface area contributed by atoms with Crippen molar-refractivity contribution < 1.29 is 24.3 Å². The van der Waals surface area contributed by atoms with E-state index in [4.69, 9.17) is 0 Å². The molecule has 1 unspecified atom stereocenters. The highest BCUT2D eigenvalue weighted by Crippen LogP contribution is 2.26. The minimum Gasteiger partial charge on any atom is -0.396 e. The number of hydrogen-bond acceptors (Lipinski definition) is 6. The summed E-state index contributed by atoms with van der Waals surface area (Å²) in [6, 6.07) is 4.37. The first-order valence-corrected chi connectivity index (χ1v) is 9.50. The van der Waals surface area contributed by atoms with Gasteiger partial charge in [0.15, 0.2) is 6.29 Å². The number of carbonyl (C=O) groups excluding carboxylic acids is 4. The Morgan fingerprint density at radius 1 is 1.29 bits per heavy atom. The average Bonchev–Trinajstić information content (AvgIpc) is 2.72. The first kappa shape index (κ1) is 20.0. The largest absolute Gasteiger partial charge is 0.396 e. The highest BCUT2D eigenvalue weighted by atomic mass is 16.3. The molecule has 2 fully saturated rings. The molecule has 1 atom stereocenters. The lowest BCUT2D eigenvalue weighted by molar-refractivity contribution is -0.136. The Morgan fingerprint density at radius 2 is 2.00 bits per heavy atom. The summed E-state index contributed by atoms with van der Waals surface area (Å²) in [5.74, 6) is -0.972. The number of imide groups is 1. The highest BCUT2D eigenvalue weighted by molar-refractivity contribution is 6.06. The molecule has 2 aliphatic heterocycles. The van der Waals surface area contributed by atoms with Crippen LogP contribution in [0.1, 0.15) is 46.4 Å². The van der Waals surface area contributed by atoms with E-state index in [0.29, 0.717) is 12.2 Å². The first-order valence-electron chi connectivity index (χ1n) is 9.50. The second-order valence-electron chi connectivity index (χ2n) is 7.39. The quantitative estimate of drug-likeness (QED) is 0.566. The lowest BCUT2D eigenvalue weighted by atomic mass is 9.96. The van der Waals surface area contributed by atoms with Crippen LogP contribution in [0.3, 0.4) is 0 Å². The van der Waals surface area contributed by atoms with Crippen LogP contribution < -0.4 is 10.2 Å². The number of aliphatic hydroxyl groups excluding tert-OH is 1. The van der Waals surface area contributed by atoms with E-state index in [-0.39, 0.29) is 36.5 Å². The second kappa shape index (κ2) is 8.52. The fourth-order valence-electron chi connectivity index (χ4n) is 3.79. The molecule has 1 aromatic rings. The third-order valence-corrected chi connectivity index (χ3v) is 5.63. The number of likely N-dealkylation sites (N-methyl/N-ethyl adjacent to an activating group) is 1. The zero-order chi connectivity index (χ0) is 20.3. The van der Waals surface area contributed by atoms with Crippen molar-refractivity contribution in [1.29, 1.82) is 0 Å². The highest BCUT2D eigenvalue weighted by Gasteiger charge is 2.33. The molecule has 0 radical (unpaired) electrons. The lowest BCUT2D eigenvalue weighted by Crippen LogP contribution is -2.53. The molecule has 2 heterocycles. The summed E-state index contributed by atoms with van der Waals surface area (Å²) in [5.41, 5.74) is 1.34. The van der Waals surface area contributed by atoms with Crippen LogP contribution in [0.25, 0.3) is 0 Å². The number of piperidine rings is 2. The van der Waals surface area contributed by atoms with Crippen LogP contribution in [0.5, 0.6) is 0 Å². The van der Waals surface area contributed by atoms with Gasteiger partial charge in [-0.3, -0.25) is 24.5 Å². The maximum atomic E-state index is 13.0. The molecule has 2 aliphatic rings. The molecule has 8 nitrogen and oxygen atoms in total. The molecule has 0 spiro atoms. The molecule has 1 aromatic carbocycles. The van der Waals surface area contributed by atoms with Gasteiger partial charge in [-0.15, -0.1) is 0 Å². The fourth-order valence-corrected chi connectivity index (χ4v) is 3.79. The summed E-state index contributed by atoms with van der Waals surface area (Å²) in [5, 5.41) is 11.5. The third kappa shape index (κ3) is 4.06. The van der Waals surface area contributed by atoms with Gasteiger partial charge in [-0.25, -0.2) is 0 Å². The molecular formula is C20H25N3O5. The Hall–Kier alpha value is -2.74. The monoisotopic (exact) mass is 387 g/mol. The van der Waals surface area contributed by atoms with Gasteiger partial charge < -0.3 is 14.9 Å². The predicted molar refractivity (Wildman–Crippen MR) is 102 cm³/mol. The van der Waals surface area contributed by atoms with Crippen molar-refractivity contribution in [1.82, 2.24) is 10.2 Å². The van der Waals surface area contributed by atoms with Gasteiger partial charge in [-0.1, -0.05) is 0 Å². The molecule has 2 saturated heterocycles. The van der Waals surface area contributed by atoms with Crippen molar-refractivity contribution in [3.05, 3.63) is 29.3 Å². The molecule has 8 heteroatoms. The molecule has 28 heavy (non-hydrogen) atoms. The smallest absolute Gasteiger partial charge is 0.255 e. The van der Waals surface area contributed by atoms with E-state index < -0.39 is 17.9 Å². The van der Waals surface area contributed by atoms with Crippen molar-refractivity contribution in [2.45, 2.75) is 31.7 Å². The molecule has 0 saturated carbocycles.